The Hall–Kier alpha value is -0.110. The molecule has 0 saturated carbocycles. The molecule has 1 nitrogen and oxygen atoms in total. The predicted octanol–water partition coefficient (Wildman–Crippen LogP) is 1.68. The summed E-state index contributed by atoms with van der Waals surface area (Å²) in [7, 11) is 2.00. The summed E-state index contributed by atoms with van der Waals surface area (Å²) < 4.78 is 12.7. The van der Waals surface area contributed by atoms with Crippen molar-refractivity contribution in [2.75, 3.05) is 13.6 Å². The first kappa shape index (κ1) is 7.99. The number of likely N-dealkylation sites (tertiary alicyclic amines) is 1. The minimum atomic E-state index is -0.586. The third kappa shape index (κ3) is 1.48. The lowest BCUT2D eigenvalue weighted by molar-refractivity contribution is 0.248. The SMILES string of the molecule is CC(C)C1C[C@H](F)CN1C. The van der Waals surface area contributed by atoms with Crippen LogP contribution in [0.15, 0.2) is 0 Å². The maximum Gasteiger partial charge on any atom is 0.114 e. The van der Waals surface area contributed by atoms with Crippen molar-refractivity contribution in [3.05, 3.63) is 0 Å². The van der Waals surface area contributed by atoms with E-state index in [1.807, 2.05) is 7.05 Å². The van der Waals surface area contributed by atoms with Crippen molar-refractivity contribution in [3.63, 3.8) is 0 Å². The second-order valence-electron chi connectivity index (χ2n) is 3.58. The summed E-state index contributed by atoms with van der Waals surface area (Å²) in [6.45, 7) is 4.93. The van der Waals surface area contributed by atoms with E-state index >= 15 is 0 Å². The molecular weight excluding hydrogens is 129 g/mol. The second kappa shape index (κ2) is 2.87. The molecule has 60 valence electrons. The first-order valence-corrected chi connectivity index (χ1v) is 3.95. The van der Waals surface area contributed by atoms with Gasteiger partial charge >= 0.3 is 0 Å². The van der Waals surface area contributed by atoms with Crippen LogP contribution in [0.1, 0.15) is 20.3 Å². The Morgan fingerprint density at radius 2 is 2.10 bits per heavy atom. The highest BCUT2D eigenvalue weighted by atomic mass is 19.1. The fourth-order valence-corrected chi connectivity index (χ4v) is 1.75. The molecule has 2 heteroatoms. The van der Waals surface area contributed by atoms with E-state index in [4.69, 9.17) is 0 Å². The molecule has 0 aromatic carbocycles. The van der Waals surface area contributed by atoms with E-state index in [-0.39, 0.29) is 0 Å². The van der Waals surface area contributed by atoms with Gasteiger partial charge in [-0.05, 0) is 19.4 Å². The van der Waals surface area contributed by atoms with Gasteiger partial charge in [-0.1, -0.05) is 13.8 Å². The van der Waals surface area contributed by atoms with Crippen molar-refractivity contribution in [2.24, 2.45) is 5.92 Å². The lowest BCUT2D eigenvalue weighted by Gasteiger charge is -2.22. The number of hydrogen-bond acceptors (Lipinski definition) is 1. The quantitative estimate of drug-likeness (QED) is 0.542. The van der Waals surface area contributed by atoms with Gasteiger partial charge in [0.1, 0.15) is 6.17 Å². The molecule has 0 bridgehead atoms. The van der Waals surface area contributed by atoms with Crippen LogP contribution >= 0.6 is 0 Å². The van der Waals surface area contributed by atoms with Crippen LogP contribution in [0.25, 0.3) is 0 Å². The van der Waals surface area contributed by atoms with Crippen LogP contribution < -0.4 is 0 Å². The Kier molecular flexibility index (Phi) is 2.29. The third-order valence-electron chi connectivity index (χ3n) is 2.32. The van der Waals surface area contributed by atoms with E-state index in [1.54, 1.807) is 0 Å². The van der Waals surface area contributed by atoms with Crippen LogP contribution in [0.2, 0.25) is 0 Å². The molecule has 0 aromatic rings. The van der Waals surface area contributed by atoms with Gasteiger partial charge in [0.2, 0.25) is 0 Å². The van der Waals surface area contributed by atoms with Crippen molar-refractivity contribution in [1.29, 1.82) is 0 Å². The van der Waals surface area contributed by atoms with Crippen molar-refractivity contribution in [2.45, 2.75) is 32.5 Å². The Balaban J connectivity index is 2.46. The largest absolute Gasteiger partial charge is 0.300 e. The monoisotopic (exact) mass is 145 g/mol. The number of rotatable bonds is 1. The molecule has 0 N–H and O–H groups in total. The van der Waals surface area contributed by atoms with Gasteiger partial charge in [0.05, 0.1) is 0 Å². The highest BCUT2D eigenvalue weighted by molar-refractivity contribution is 4.84. The average Bonchev–Trinajstić information content (AvgIpc) is 2.10. The van der Waals surface area contributed by atoms with Gasteiger partial charge in [-0.25, -0.2) is 4.39 Å². The Morgan fingerprint density at radius 1 is 1.50 bits per heavy atom. The van der Waals surface area contributed by atoms with Crippen molar-refractivity contribution >= 4 is 0 Å². The smallest absolute Gasteiger partial charge is 0.114 e. The molecule has 0 aromatic heterocycles. The first-order chi connectivity index (χ1) is 4.61. The van der Waals surface area contributed by atoms with E-state index in [2.05, 4.69) is 18.7 Å². The van der Waals surface area contributed by atoms with Crippen molar-refractivity contribution in [1.82, 2.24) is 4.90 Å². The van der Waals surface area contributed by atoms with E-state index < -0.39 is 6.17 Å². The molecule has 1 saturated heterocycles. The summed E-state index contributed by atoms with van der Waals surface area (Å²) in [5.41, 5.74) is 0. The van der Waals surface area contributed by atoms with Gasteiger partial charge in [-0.3, -0.25) is 0 Å². The van der Waals surface area contributed by atoms with Gasteiger partial charge < -0.3 is 4.90 Å². The molecule has 10 heavy (non-hydrogen) atoms. The zero-order chi connectivity index (χ0) is 7.72. The van der Waals surface area contributed by atoms with Crippen LogP contribution in [0.3, 0.4) is 0 Å². The van der Waals surface area contributed by atoms with Crippen LogP contribution in [0.5, 0.6) is 0 Å². The number of hydrogen-bond donors (Lipinski definition) is 0. The molecule has 1 aliphatic heterocycles. The molecule has 2 atom stereocenters. The fourth-order valence-electron chi connectivity index (χ4n) is 1.75. The maximum absolute atomic E-state index is 12.7. The number of alkyl halides is 1. The fraction of sp³-hybridized carbons (Fsp3) is 1.00. The molecule has 0 radical (unpaired) electrons. The molecule has 0 aliphatic carbocycles. The first-order valence-electron chi connectivity index (χ1n) is 3.95. The number of nitrogens with zero attached hydrogens (tertiary/aromatic N) is 1. The predicted molar refractivity (Wildman–Crippen MR) is 40.8 cm³/mol. The summed E-state index contributed by atoms with van der Waals surface area (Å²) in [5, 5.41) is 0. The highest BCUT2D eigenvalue weighted by Crippen LogP contribution is 2.23. The average molecular weight is 145 g/mol. The van der Waals surface area contributed by atoms with Crippen molar-refractivity contribution < 1.29 is 4.39 Å². The lowest BCUT2D eigenvalue weighted by atomic mass is 10.0. The van der Waals surface area contributed by atoms with Gasteiger partial charge in [0.15, 0.2) is 0 Å². The second-order valence-corrected chi connectivity index (χ2v) is 3.58. The summed E-state index contributed by atoms with van der Waals surface area (Å²) in [6, 6.07) is 0.468. The van der Waals surface area contributed by atoms with Crippen LogP contribution in [0, 0.1) is 5.92 Å². The molecule has 1 rings (SSSR count). The van der Waals surface area contributed by atoms with Crippen LogP contribution in [-0.4, -0.2) is 30.7 Å². The Bertz CT molecular complexity index is 114. The van der Waals surface area contributed by atoms with Gasteiger partial charge in [-0.15, -0.1) is 0 Å². The standard InChI is InChI=1S/C8H16FN/c1-6(2)8-4-7(9)5-10(8)3/h6-8H,4-5H2,1-3H3/t7-,8?/m0/s1. The van der Waals surface area contributed by atoms with Crippen LogP contribution in [0.4, 0.5) is 4.39 Å². The van der Waals surface area contributed by atoms with Gasteiger partial charge in [0.25, 0.3) is 0 Å². The lowest BCUT2D eigenvalue weighted by Crippen LogP contribution is -2.29. The van der Waals surface area contributed by atoms with Gasteiger partial charge in [0, 0.05) is 12.6 Å². The van der Waals surface area contributed by atoms with E-state index in [0.717, 1.165) is 6.42 Å². The molecule has 1 fully saturated rings. The normalized spacial score (nSPS) is 35.7. The summed E-state index contributed by atoms with van der Waals surface area (Å²) in [5.74, 6) is 0.589. The van der Waals surface area contributed by atoms with Crippen molar-refractivity contribution in [3.8, 4) is 0 Å². The molecule has 1 heterocycles. The zero-order valence-electron chi connectivity index (χ0n) is 6.97. The zero-order valence-corrected chi connectivity index (χ0v) is 6.97. The minimum absolute atomic E-state index is 0.468. The molecule has 0 spiro atoms. The molecule has 0 amide bonds. The number of halogens is 1. The summed E-state index contributed by atoms with van der Waals surface area (Å²) in [4.78, 5) is 2.12. The molecule has 1 aliphatic rings. The topological polar surface area (TPSA) is 3.24 Å². The maximum atomic E-state index is 12.7. The third-order valence-corrected chi connectivity index (χ3v) is 2.32. The highest BCUT2D eigenvalue weighted by Gasteiger charge is 2.30. The van der Waals surface area contributed by atoms with E-state index in [0.29, 0.717) is 18.5 Å². The van der Waals surface area contributed by atoms with E-state index in [1.165, 1.54) is 0 Å². The molecule has 1 unspecified atom stereocenters. The Labute approximate surface area is 62.2 Å². The van der Waals surface area contributed by atoms with Crippen LogP contribution in [-0.2, 0) is 0 Å². The molecular formula is C8H16FN. The summed E-state index contributed by atoms with van der Waals surface area (Å²) >= 11 is 0. The minimum Gasteiger partial charge on any atom is -0.300 e. The summed E-state index contributed by atoms with van der Waals surface area (Å²) in [6.07, 6.45) is 0.145. The van der Waals surface area contributed by atoms with Gasteiger partial charge in [-0.2, -0.15) is 0 Å². The van der Waals surface area contributed by atoms with E-state index in [9.17, 15) is 4.39 Å². The Morgan fingerprint density at radius 3 is 2.30 bits per heavy atom.